The van der Waals surface area contributed by atoms with E-state index in [0.29, 0.717) is 25.1 Å². The van der Waals surface area contributed by atoms with E-state index in [4.69, 9.17) is 4.74 Å². The average Bonchev–Trinajstić information content (AvgIpc) is 2.88. The molecule has 1 heterocycles. The molecular weight excluding hydrogens is 436 g/mol. The zero-order valence-corrected chi connectivity index (χ0v) is 19.4. The molecule has 4 rings (SSSR count). The van der Waals surface area contributed by atoms with Crippen LogP contribution in [-0.4, -0.2) is 32.3 Å². The maximum absolute atomic E-state index is 13.6. The quantitative estimate of drug-likeness (QED) is 0.570. The maximum atomic E-state index is 13.6. The Kier molecular flexibility index (Phi) is 7.11. The van der Waals surface area contributed by atoms with Gasteiger partial charge in [-0.15, -0.1) is 0 Å². The van der Waals surface area contributed by atoms with Gasteiger partial charge < -0.3 is 10.1 Å². The Bertz CT molecular complexity index is 1180. The van der Waals surface area contributed by atoms with Gasteiger partial charge >= 0.3 is 0 Å². The molecule has 0 spiro atoms. The predicted molar refractivity (Wildman–Crippen MR) is 127 cm³/mol. The SMILES string of the molecule is COc1ccccc1CNC(=O)[C@@H]1CC[C@H](c2ccccc2)N(S(=O)(=O)c2ccccc2)C1. The molecular formula is C26H28N2O4S. The molecule has 1 fully saturated rings. The smallest absolute Gasteiger partial charge is 0.243 e. The molecule has 2 atom stereocenters. The number of nitrogens with one attached hydrogen (secondary N) is 1. The number of amides is 1. The second kappa shape index (κ2) is 10.2. The Morgan fingerprint density at radius 2 is 1.58 bits per heavy atom. The third-order valence-electron chi connectivity index (χ3n) is 6.09. The largest absolute Gasteiger partial charge is 0.496 e. The lowest BCUT2D eigenvalue weighted by atomic mass is 9.90. The van der Waals surface area contributed by atoms with E-state index < -0.39 is 15.9 Å². The molecule has 7 heteroatoms. The number of nitrogens with zero attached hydrogens (tertiary/aromatic N) is 1. The van der Waals surface area contributed by atoms with Crippen LogP contribution in [-0.2, 0) is 21.4 Å². The van der Waals surface area contributed by atoms with Crippen molar-refractivity contribution in [2.75, 3.05) is 13.7 Å². The van der Waals surface area contributed by atoms with Crippen molar-refractivity contribution in [3.63, 3.8) is 0 Å². The van der Waals surface area contributed by atoms with E-state index in [1.165, 1.54) is 4.31 Å². The first kappa shape index (κ1) is 23.0. The van der Waals surface area contributed by atoms with Crippen LogP contribution in [0.1, 0.15) is 30.0 Å². The number of hydrogen-bond donors (Lipinski definition) is 1. The van der Waals surface area contributed by atoms with E-state index >= 15 is 0 Å². The van der Waals surface area contributed by atoms with Gasteiger partial charge in [0.1, 0.15) is 5.75 Å². The van der Waals surface area contributed by atoms with Crippen LogP contribution in [0.4, 0.5) is 0 Å². The second-order valence-electron chi connectivity index (χ2n) is 8.12. The van der Waals surface area contributed by atoms with Gasteiger partial charge in [-0.2, -0.15) is 4.31 Å². The first-order chi connectivity index (χ1) is 16.0. The number of ether oxygens (including phenoxy) is 1. The van der Waals surface area contributed by atoms with Gasteiger partial charge in [-0.3, -0.25) is 4.79 Å². The summed E-state index contributed by atoms with van der Waals surface area (Å²) in [6, 6.07) is 25.2. The van der Waals surface area contributed by atoms with Crippen molar-refractivity contribution in [3.8, 4) is 5.75 Å². The van der Waals surface area contributed by atoms with Crippen LogP contribution in [0, 0.1) is 5.92 Å². The molecule has 0 radical (unpaired) electrons. The summed E-state index contributed by atoms with van der Waals surface area (Å²) >= 11 is 0. The number of sulfonamides is 1. The van der Waals surface area contributed by atoms with Crippen molar-refractivity contribution in [2.24, 2.45) is 5.92 Å². The van der Waals surface area contributed by atoms with Crippen LogP contribution in [0.15, 0.2) is 89.8 Å². The third-order valence-corrected chi connectivity index (χ3v) is 7.98. The lowest BCUT2D eigenvalue weighted by Crippen LogP contribution is -2.46. The molecule has 33 heavy (non-hydrogen) atoms. The monoisotopic (exact) mass is 464 g/mol. The van der Waals surface area contributed by atoms with E-state index in [1.54, 1.807) is 37.4 Å². The lowest BCUT2D eigenvalue weighted by Gasteiger charge is -2.38. The molecule has 3 aromatic carbocycles. The number of carbonyl (C=O) groups excluding carboxylic acids is 1. The molecule has 0 unspecified atom stereocenters. The predicted octanol–water partition coefficient (Wildman–Crippen LogP) is 4.15. The molecule has 1 saturated heterocycles. The molecule has 3 aromatic rings. The van der Waals surface area contributed by atoms with Gasteiger partial charge in [0.05, 0.1) is 24.0 Å². The number of para-hydroxylation sites is 1. The van der Waals surface area contributed by atoms with Crippen LogP contribution >= 0.6 is 0 Å². The minimum absolute atomic E-state index is 0.133. The van der Waals surface area contributed by atoms with Gasteiger partial charge in [0.25, 0.3) is 0 Å². The number of carbonyl (C=O) groups is 1. The van der Waals surface area contributed by atoms with Crippen molar-refractivity contribution in [1.82, 2.24) is 9.62 Å². The molecule has 172 valence electrons. The summed E-state index contributed by atoms with van der Waals surface area (Å²) < 4.78 is 34.0. The van der Waals surface area contributed by atoms with E-state index in [1.807, 2.05) is 54.6 Å². The van der Waals surface area contributed by atoms with E-state index in [0.717, 1.165) is 11.1 Å². The highest BCUT2D eigenvalue weighted by Crippen LogP contribution is 2.37. The Labute approximate surface area is 195 Å². The summed E-state index contributed by atoms with van der Waals surface area (Å²) in [5.41, 5.74) is 1.81. The van der Waals surface area contributed by atoms with E-state index in [2.05, 4.69) is 5.32 Å². The van der Waals surface area contributed by atoms with Gasteiger partial charge in [-0.05, 0) is 36.6 Å². The van der Waals surface area contributed by atoms with Crippen molar-refractivity contribution >= 4 is 15.9 Å². The number of methoxy groups -OCH3 is 1. The number of benzene rings is 3. The molecule has 6 nitrogen and oxygen atoms in total. The van der Waals surface area contributed by atoms with Crippen molar-refractivity contribution in [2.45, 2.75) is 30.3 Å². The summed E-state index contributed by atoms with van der Waals surface area (Å²) in [6.07, 6.45) is 1.18. The first-order valence-corrected chi connectivity index (χ1v) is 12.5. The van der Waals surface area contributed by atoms with Crippen molar-refractivity contribution in [1.29, 1.82) is 0 Å². The molecule has 0 aromatic heterocycles. The minimum Gasteiger partial charge on any atom is -0.496 e. The van der Waals surface area contributed by atoms with Crippen LogP contribution < -0.4 is 10.1 Å². The second-order valence-corrected chi connectivity index (χ2v) is 10.0. The molecule has 1 aliphatic rings. The zero-order chi connectivity index (χ0) is 23.3. The Hall–Kier alpha value is -3.16. The van der Waals surface area contributed by atoms with Crippen LogP contribution in [0.3, 0.4) is 0 Å². The van der Waals surface area contributed by atoms with E-state index in [-0.39, 0.29) is 23.4 Å². The van der Waals surface area contributed by atoms with Crippen LogP contribution in [0.5, 0.6) is 5.75 Å². The molecule has 1 N–H and O–H groups in total. The molecule has 0 aliphatic carbocycles. The normalized spacial score (nSPS) is 19.1. The Morgan fingerprint density at radius 3 is 2.27 bits per heavy atom. The van der Waals surface area contributed by atoms with Gasteiger partial charge in [0, 0.05) is 18.7 Å². The highest BCUT2D eigenvalue weighted by molar-refractivity contribution is 7.89. The third kappa shape index (κ3) is 5.10. The van der Waals surface area contributed by atoms with E-state index in [9.17, 15) is 13.2 Å². The van der Waals surface area contributed by atoms with Gasteiger partial charge in [0.15, 0.2) is 0 Å². The maximum Gasteiger partial charge on any atom is 0.243 e. The number of hydrogen-bond acceptors (Lipinski definition) is 4. The minimum atomic E-state index is -3.77. The van der Waals surface area contributed by atoms with Crippen LogP contribution in [0.25, 0.3) is 0 Å². The fraction of sp³-hybridized carbons (Fsp3) is 0.269. The first-order valence-electron chi connectivity index (χ1n) is 11.0. The fourth-order valence-electron chi connectivity index (χ4n) is 4.33. The average molecular weight is 465 g/mol. The zero-order valence-electron chi connectivity index (χ0n) is 18.6. The molecule has 0 bridgehead atoms. The summed E-state index contributed by atoms with van der Waals surface area (Å²) in [4.78, 5) is 13.3. The lowest BCUT2D eigenvalue weighted by molar-refractivity contribution is -0.126. The highest BCUT2D eigenvalue weighted by atomic mass is 32.2. The number of rotatable bonds is 7. The van der Waals surface area contributed by atoms with Gasteiger partial charge in [-0.25, -0.2) is 8.42 Å². The standard InChI is InChI=1S/C26H28N2O4S/c1-32-25-15-9-8-12-21(25)18-27-26(29)22-16-17-24(20-10-4-2-5-11-20)28(19-22)33(30,31)23-13-6-3-7-14-23/h2-15,22,24H,16-19H2,1H3,(H,27,29)/t22-,24-/m1/s1. The Morgan fingerprint density at radius 1 is 0.939 bits per heavy atom. The molecule has 0 saturated carbocycles. The van der Waals surface area contributed by atoms with Crippen molar-refractivity contribution < 1.29 is 17.9 Å². The van der Waals surface area contributed by atoms with Crippen molar-refractivity contribution in [3.05, 3.63) is 96.1 Å². The van der Waals surface area contributed by atoms with Crippen LogP contribution in [0.2, 0.25) is 0 Å². The number of piperidine rings is 1. The Balaban J connectivity index is 1.56. The summed E-state index contributed by atoms with van der Waals surface area (Å²) in [5.74, 6) is 0.123. The molecule has 1 amide bonds. The summed E-state index contributed by atoms with van der Waals surface area (Å²) in [7, 11) is -2.18. The topological polar surface area (TPSA) is 75.7 Å². The highest BCUT2D eigenvalue weighted by Gasteiger charge is 2.39. The fourth-order valence-corrected chi connectivity index (χ4v) is 6.04. The van der Waals surface area contributed by atoms with Gasteiger partial charge in [0.2, 0.25) is 15.9 Å². The summed E-state index contributed by atoms with van der Waals surface area (Å²) in [6.45, 7) is 0.460. The summed E-state index contributed by atoms with van der Waals surface area (Å²) in [5, 5.41) is 2.97. The van der Waals surface area contributed by atoms with Gasteiger partial charge in [-0.1, -0.05) is 66.7 Å². The molecule has 1 aliphatic heterocycles.